The monoisotopic (exact) mass is 350 g/mol. The molecule has 26 heavy (non-hydrogen) atoms. The van der Waals surface area contributed by atoms with Gasteiger partial charge in [-0.15, -0.1) is 0 Å². The summed E-state index contributed by atoms with van der Waals surface area (Å²) in [5.74, 6) is 1.54. The van der Waals surface area contributed by atoms with Gasteiger partial charge in [-0.25, -0.2) is 0 Å². The van der Waals surface area contributed by atoms with Crippen LogP contribution in [-0.2, 0) is 4.74 Å². The number of methoxy groups -OCH3 is 1. The molecule has 7 heteroatoms. The Morgan fingerprint density at radius 3 is 2.31 bits per heavy atom. The SMILES string of the molecule is COC(C)(C)CNc1nc(Nc2ccncc2)nc(-c2ccccc2)n1. The highest BCUT2D eigenvalue weighted by atomic mass is 16.5. The summed E-state index contributed by atoms with van der Waals surface area (Å²) in [4.78, 5) is 17.6. The van der Waals surface area contributed by atoms with Gasteiger partial charge in [-0.05, 0) is 26.0 Å². The van der Waals surface area contributed by atoms with Crippen LogP contribution < -0.4 is 10.6 Å². The average Bonchev–Trinajstić information content (AvgIpc) is 2.68. The largest absolute Gasteiger partial charge is 0.377 e. The highest BCUT2D eigenvalue weighted by Gasteiger charge is 2.17. The molecule has 0 fully saturated rings. The van der Waals surface area contributed by atoms with Crippen molar-refractivity contribution in [1.82, 2.24) is 19.9 Å². The van der Waals surface area contributed by atoms with Crippen LogP contribution in [-0.4, -0.2) is 39.2 Å². The Morgan fingerprint density at radius 1 is 0.923 bits per heavy atom. The molecule has 1 aromatic carbocycles. The number of aromatic nitrogens is 4. The maximum absolute atomic E-state index is 5.44. The highest BCUT2D eigenvalue weighted by molar-refractivity contribution is 5.60. The molecule has 0 unspecified atom stereocenters. The molecular weight excluding hydrogens is 328 g/mol. The van der Waals surface area contributed by atoms with Gasteiger partial charge in [0.15, 0.2) is 5.82 Å². The standard InChI is InChI=1S/C19H22N6O/c1-19(2,26-3)13-21-17-23-16(14-7-5-4-6-8-14)24-18(25-17)22-15-9-11-20-12-10-15/h4-12H,13H2,1-3H3,(H2,20,21,22,23,24,25). The lowest BCUT2D eigenvalue weighted by atomic mass is 10.1. The second-order valence-electron chi connectivity index (χ2n) is 6.35. The van der Waals surface area contributed by atoms with Crippen LogP contribution in [0.2, 0.25) is 0 Å². The van der Waals surface area contributed by atoms with Gasteiger partial charge in [0.25, 0.3) is 0 Å². The molecule has 134 valence electrons. The van der Waals surface area contributed by atoms with Crippen molar-refractivity contribution in [1.29, 1.82) is 0 Å². The van der Waals surface area contributed by atoms with Crippen LogP contribution in [0, 0.1) is 0 Å². The van der Waals surface area contributed by atoms with Gasteiger partial charge in [0, 0.05) is 37.3 Å². The number of pyridine rings is 1. The second kappa shape index (κ2) is 7.88. The van der Waals surface area contributed by atoms with Gasteiger partial charge in [0.2, 0.25) is 11.9 Å². The van der Waals surface area contributed by atoms with Gasteiger partial charge in [-0.2, -0.15) is 15.0 Å². The van der Waals surface area contributed by atoms with E-state index in [1.165, 1.54) is 0 Å². The molecule has 3 aromatic rings. The molecule has 0 amide bonds. The highest BCUT2D eigenvalue weighted by Crippen LogP contribution is 2.20. The number of ether oxygens (including phenoxy) is 1. The van der Waals surface area contributed by atoms with Crippen LogP contribution in [0.3, 0.4) is 0 Å². The lowest BCUT2D eigenvalue weighted by Gasteiger charge is -2.23. The van der Waals surface area contributed by atoms with Gasteiger partial charge in [-0.3, -0.25) is 4.98 Å². The summed E-state index contributed by atoms with van der Waals surface area (Å²) in [7, 11) is 1.68. The number of anilines is 3. The van der Waals surface area contributed by atoms with E-state index in [4.69, 9.17) is 4.74 Å². The van der Waals surface area contributed by atoms with Crippen LogP contribution in [0.25, 0.3) is 11.4 Å². The van der Waals surface area contributed by atoms with E-state index in [0.717, 1.165) is 11.3 Å². The maximum Gasteiger partial charge on any atom is 0.232 e. The number of rotatable bonds is 7. The third-order valence-electron chi connectivity index (χ3n) is 3.83. The maximum atomic E-state index is 5.44. The Labute approximate surface area is 152 Å². The first-order valence-electron chi connectivity index (χ1n) is 8.33. The fraction of sp³-hybridized carbons (Fsp3) is 0.263. The van der Waals surface area contributed by atoms with Gasteiger partial charge in [-0.1, -0.05) is 30.3 Å². The Morgan fingerprint density at radius 2 is 1.62 bits per heavy atom. The summed E-state index contributed by atoms with van der Waals surface area (Å²) in [5.41, 5.74) is 1.44. The average molecular weight is 350 g/mol. The minimum Gasteiger partial charge on any atom is -0.377 e. The number of benzene rings is 1. The summed E-state index contributed by atoms with van der Waals surface area (Å²) in [6.07, 6.45) is 3.42. The van der Waals surface area contributed by atoms with E-state index in [9.17, 15) is 0 Å². The number of nitrogens with zero attached hydrogens (tertiary/aromatic N) is 4. The van der Waals surface area contributed by atoms with Crippen LogP contribution in [0.4, 0.5) is 17.6 Å². The molecule has 2 N–H and O–H groups in total. The first-order chi connectivity index (χ1) is 12.6. The zero-order valence-electron chi connectivity index (χ0n) is 15.1. The van der Waals surface area contributed by atoms with E-state index < -0.39 is 0 Å². The molecule has 0 aliphatic rings. The van der Waals surface area contributed by atoms with Crippen LogP contribution in [0.5, 0.6) is 0 Å². The minimum absolute atomic E-state index is 0.335. The lowest BCUT2D eigenvalue weighted by molar-refractivity contribution is 0.0342. The van der Waals surface area contributed by atoms with E-state index >= 15 is 0 Å². The molecule has 0 saturated carbocycles. The molecule has 0 saturated heterocycles. The van der Waals surface area contributed by atoms with Crippen LogP contribution >= 0.6 is 0 Å². The molecule has 7 nitrogen and oxygen atoms in total. The Hall–Kier alpha value is -3.06. The summed E-state index contributed by atoms with van der Waals surface area (Å²) in [6.45, 7) is 4.56. The predicted molar refractivity (Wildman–Crippen MR) is 102 cm³/mol. The van der Waals surface area contributed by atoms with Crippen molar-refractivity contribution in [3.05, 3.63) is 54.9 Å². The van der Waals surface area contributed by atoms with E-state index in [1.807, 2.05) is 56.3 Å². The van der Waals surface area contributed by atoms with E-state index in [2.05, 4.69) is 30.6 Å². The molecule has 0 aliphatic carbocycles. The third-order valence-corrected chi connectivity index (χ3v) is 3.83. The minimum atomic E-state index is -0.335. The summed E-state index contributed by atoms with van der Waals surface area (Å²) < 4.78 is 5.44. The molecule has 3 rings (SSSR count). The van der Waals surface area contributed by atoms with Crippen molar-refractivity contribution in [3.63, 3.8) is 0 Å². The molecule has 0 atom stereocenters. The van der Waals surface area contributed by atoms with Crippen molar-refractivity contribution in [2.45, 2.75) is 19.4 Å². The summed E-state index contributed by atoms with van der Waals surface area (Å²) >= 11 is 0. The van der Waals surface area contributed by atoms with Gasteiger partial charge < -0.3 is 15.4 Å². The van der Waals surface area contributed by atoms with Crippen LogP contribution in [0.15, 0.2) is 54.9 Å². The van der Waals surface area contributed by atoms with Crippen LogP contribution in [0.1, 0.15) is 13.8 Å². The van der Waals surface area contributed by atoms with Crippen molar-refractivity contribution < 1.29 is 4.74 Å². The third kappa shape index (κ3) is 4.73. The van der Waals surface area contributed by atoms with Gasteiger partial charge in [0.1, 0.15) is 0 Å². The number of hydrogen-bond donors (Lipinski definition) is 2. The zero-order chi connectivity index (χ0) is 18.4. The normalized spacial score (nSPS) is 11.2. The Bertz CT molecular complexity index is 839. The fourth-order valence-electron chi connectivity index (χ4n) is 2.16. The number of nitrogens with one attached hydrogen (secondary N) is 2. The first-order valence-corrected chi connectivity index (χ1v) is 8.33. The molecule has 2 heterocycles. The Balaban J connectivity index is 1.91. The summed E-state index contributed by atoms with van der Waals surface area (Å²) in [6, 6.07) is 13.5. The predicted octanol–water partition coefficient (Wildman–Crippen LogP) is 3.51. The molecule has 2 aromatic heterocycles. The zero-order valence-corrected chi connectivity index (χ0v) is 15.1. The molecule has 0 aliphatic heterocycles. The molecule has 0 spiro atoms. The van der Waals surface area contributed by atoms with Crippen molar-refractivity contribution in [2.75, 3.05) is 24.3 Å². The second-order valence-corrected chi connectivity index (χ2v) is 6.35. The van der Waals surface area contributed by atoms with E-state index in [-0.39, 0.29) is 5.60 Å². The smallest absolute Gasteiger partial charge is 0.232 e. The first kappa shape index (κ1) is 17.8. The van der Waals surface area contributed by atoms with E-state index in [1.54, 1.807) is 19.5 Å². The molecule has 0 radical (unpaired) electrons. The van der Waals surface area contributed by atoms with Gasteiger partial charge in [0.05, 0.1) is 5.60 Å². The quantitative estimate of drug-likeness (QED) is 0.674. The summed E-state index contributed by atoms with van der Waals surface area (Å²) in [5, 5.41) is 6.42. The van der Waals surface area contributed by atoms with E-state index in [0.29, 0.717) is 24.3 Å². The van der Waals surface area contributed by atoms with Crippen molar-refractivity contribution in [2.24, 2.45) is 0 Å². The fourth-order valence-corrected chi connectivity index (χ4v) is 2.16. The van der Waals surface area contributed by atoms with Crippen molar-refractivity contribution >= 4 is 17.6 Å². The van der Waals surface area contributed by atoms with Gasteiger partial charge >= 0.3 is 0 Å². The van der Waals surface area contributed by atoms with Crippen molar-refractivity contribution in [3.8, 4) is 11.4 Å². The molecule has 0 bridgehead atoms. The molecular formula is C19H22N6O. The number of hydrogen-bond acceptors (Lipinski definition) is 7. The lowest BCUT2D eigenvalue weighted by Crippen LogP contribution is -2.32. The Kier molecular flexibility index (Phi) is 5.38. The topological polar surface area (TPSA) is 84.9 Å².